The number of rotatable bonds is 5. The van der Waals surface area contributed by atoms with Gasteiger partial charge in [0.15, 0.2) is 0 Å². The second-order valence-electron chi connectivity index (χ2n) is 7.25. The van der Waals surface area contributed by atoms with Crippen molar-refractivity contribution in [2.24, 2.45) is 0 Å². The van der Waals surface area contributed by atoms with Gasteiger partial charge in [-0.05, 0) is 62.1 Å². The van der Waals surface area contributed by atoms with Gasteiger partial charge in [-0.15, -0.1) is 0 Å². The molecule has 0 spiro atoms. The molecular formula is C23H25NO. The van der Waals surface area contributed by atoms with E-state index in [-0.39, 0.29) is 17.7 Å². The molecule has 2 aliphatic rings. The molecule has 2 heterocycles. The van der Waals surface area contributed by atoms with E-state index < -0.39 is 0 Å². The van der Waals surface area contributed by atoms with Crippen LogP contribution < -0.4 is 5.32 Å². The SMILES string of the molecule is CC1=C(C)C2([C@@H](Cc3ccccc3)Nc3ccc(C)cc3)C=CC1O2. The third-order valence-corrected chi connectivity index (χ3v) is 5.64. The van der Waals surface area contributed by atoms with Crippen molar-refractivity contribution in [3.63, 3.8) is 0 Å². The fraction of sp³-hybridized carbons (Fsp3) is 0.304. The zero-order valence-electron chi connectivity index (χ0n) is 15.1. The molecule has 0 fully saturated rings. The van der Waals surface area contributed by atoms with E-state index in [1.54, 1.807) is 0 Å². The summed E-state index contributed by atoms with van der Waals surface area (Å²) in [7, 11) is 0. The number of ether oxygens (including phenoxy) is 1. The Balaban J connectivity index is 1.69. The summed E-state index contributed by atoms with van der Waals surface area (Å²) in [4.78, 5) is 0. The minimum Gasteiger partial charge on any atom is -0.378 e. The summed E-state index contributed by atoms with van der Waals surface area (Å²) in [6.45, 7) is 6.52. The number of anilines is 1. The molecule has 25 heavy (non-hydrogen) atoms. The Hall–Kier alpha value is -2.32. The maximum atomic E-state index is 6.47. The van der Waals surface area contributed by atoms with E-state index in [4.69, 9.17) is 4.74 Å². The largest absolute Gasteiger partial charge is 0.378 e. The van der Waals surface area contributed by atoms with Crippen LogP contribution in [0, 0.1) is 6.92 Å². The first kappa shape index (κ1) is 16.2. The van der Waals surface area contributed by atoms with Crippen LogP contribution in [0.1, 0.15) is 25.0 Å². The van der Waals surface area contributed by atoms with E-state index in [0.717, 1.165) is 12.1 Å². The van der Waals surface area contributed by atoms with Crippen molar-refractivity contribution in [2.75, 3.05) is 5.32 Å². The lowest BCUT2D eigenvalue weighted by Crippen LogP contribution is -2.47. The minimum atomic E-state index is -0.352. The Labute approximate surface area is 150 Å². The molecule has 0 aromatic heterocycles. The Morgan fingerprint density at radius 1 is 1.00 bits per heavy atom. The van der Waals surface area contributed by atoms with E-state index in [2.05, 4.69) is 92.8 Å². The first-order valence-corrected chi connectivity index (χ1v) is 9.01. The highest BCUT2D eigenvalue weighted by Gasteiger charge is 2.50. The summed E-state index contributed by atoms with van der Waals surface area (Å²) in [5, 5.41) is 3.76. The van der Waals surface area contributed by atoms with Crippen molar-refractivity contribution < 1.29 is 4.74 Å². The van der Waals surface area contributed by atoms with Gasteiger partial charge in [0.2, 0.25) is 0 Å². The molecule has 0 saturated carbocycles. The molecular weight excluding hydrogens is 306 g/mol. The fourth-order valence-corrected chi connectivity index (χ4v) is 3.96. The third-order valence-electron chi connectivity index (χ3n) is 5.64. The quantitative estimate of drug-likeness (QED) is 0.773. The van der Waals surface area contributed by atoms with Crippen LogP contribution in [0.5, 0.6) is 0 Å². The molecule has 128 valence electrons. The first-order chi connectivity index (χ1) is 12.1. The number of nitrogens with one attached hydrogen (secondary N) is 1. The lowest BCUT2D eigenvalue weighted by Gasteiger charge is -2.36. The monoisotopic (exact) mass is 331 g/mol. The zero-order chi connectivity index (χ0) is 17.4. The van der Waals surface area contributed by atoms with E-state index in [0.29, 0.717) is 0 Å². The summed E-state index contributed by atoms with van der Waals surface area (Å²) in [5.74, 6) is 0. The van der Waals surface area contributed by atoms with E-state index in [1.807, 2.05) is 0 Å². The smallest absolute Gasteiger partial charge is 0.129 e. The maximum Gasteiger partial charge on any atom is 0.129 e. The fourth-order valence-electron chi connectivity index (χ4n) is 3.96. The predicted octanol–water partition coefficient (Wildman–Crippen LogP) is 5.06. The van der Waals surface area contributed by atoms with E-state index in [9.17, 15) is 0 Å². The van der Waals surface area contributed by atoms with Crippen molar-refractivity contribution in [3.05, 3.63) is 89.0 Å². The standard InChI is InChI=1S/C23H25NO/c1-16-9-11-20(12-10-16)24-22(15-19-7-5-4-6-8-19)23-14-13-21(25-23)17(2)18(23)3/h4-14,21-22,24H,15H2,1-3H3/t21?,22-,23?/m1/s1. The average molecular weight is 331 g/mol. The van der Waals surface area contributed by atoms with Crippen LogP contribution in [0.15, 0.2) is 77.9 Å². The van der Waals surface area contributed by atoms with Crippen molar-refractivity contribution in [3.8, 4) is 0 Å². The molecule has 2 aliphatic heterocycles. The van der Waals surface area contributed by atoms with Crippen molar-refractivity contribution in [1.29, 1.82) is 0 Å². The van der Waals surface area contributed by atoms with Crippen LogP contribution in [0.2, 0.25) is 0 Å². The highest BCUT2D eigenvalue weighted by atomic mass is 16.5. The van der Waals surface area contributed by atoms with Crippen LogP contribution in [-0.2, 0) is 11.2 Å². The molecule has 2 nitrogen and oxygen atoms in total. The molecule has 2 bridgehead atoms. The Kier molecular flexibility index (Phi) is 4.01. The molecule has 2 unspecified atom stereocenters. The van der Waals surface area contributed by atoms with Crippen LogP contribution >= 0.6 is 0 Å². The molecule has 0 saturated heterocycles. The van der Waals surface area contributed by atoms with Crippen LogP contribution in [0.4, 0.5) is 5.69 Å². The highest BCUT2D eigenvalue weighted by molar-refractivity contribution is 5.52. The lowest BCUT2D eigenvalue weighted by atomic mass is 9.80. The molecule has 2 aromatic carbocycles. The molecule has 4 rings (SSSR count). The minimum absolute atomic E-state index is 0.137. The topological polar surface area (TPSA) is 21.3 Å². The van der Waals surface area contributed by atoms with Gasteiger partial charge >= 0.3 is 0 Å². The summed E-state index contributed by atoms with van der Waals surface area (Å²) < 4.78 is 6.47. The van der Waals surface area contributed by atoms with Crippen LogP contribution in [0.25, 0.3) is 0 Å². The maximum absolute atomic E-state index is 6.47. The zero-order valence-corrected chi connectivity index (χ0v) is 15.1. The number of hydrogen-bond acceptors (Lipinski definition) is 2. The third kappa shape index (κ3) is 2.81. The molecule has 0 radical (unpaired) electrons. The molecule has 0 aliphatic carbocycles. The highest BCUT2D eigenvalue weighted by Crippen LogP contribution is 2.46. The van der Waals surface area contributed by atoms with Gasteiger partial charge in [-0.25, -0.2) is 0 Å². The normalized spacial score (nSPS) is 25.5. The summed E-state index contributed by atoms with van der Waals surface area (Å²) in [6, 6.07) is 19.4. The van der Waals surface area contributed by atoms with E-state index >= 15 is 0 Å². The summed E-state index contributed by atoms with van der Waals surface area (Å²) in [6.07, 6.45) is 5.51. The predicted molar refractivity (Wildman–Crippen MR) is 104 cm³/mol. The van der Waals surface area contributed by atoms with Gasteiger partial charge in [-0.2, -0.15) is 0 Å². The number of benzene rings is 2. The molecule has 3 atom stereocenters. The number of aryl methyl sites for hydroxylation is 1. The van der Waals surface area contributed by atoms with E-state index in [1.165, 1.54) is 22.3 Å². The van der Waals surface area contributed by atoms with Gasteiger partial charge < -0.3 is 10.1 Å². The van der Waals surface area contributed by atoms with Gasteiger partial charge in [0.05, 0.1) is 12.1 Å². The van der Waals surface area contributed by atoms with Crippen molar-refractivity contribution >= 4 is 5.69 Å². The van der Waals surface area contributed by atoms with Crippen molar-refractivity contribution in [2.45, 2.75) is 44.9 Å². The van der Waals surface area contributed by atoms with Crippen LogP contribution in [0.3, 0.4) is 0 Å². The molecule has 1 N–H and O–H groups in total. The second kappa shape index (κ2) is 6.20. The Morgan fingerprint density at radius 2 is 1.72 bits per heavy atom. The number of hydrogen-bond donors (Lipinski definition) is 1. The van der Waals surface area contributed by atoms with Crippen LogP contribution in [-0.4, -0.2) is 17.7 Å². The summed E-state index contributed by atoms with van der Waals surface area (Å²) in [5.41, 5.74) is 6.08. The molecule has 2 aromatic rings. The summed E-state index contributed by atoms with van der Waals surface area (Å²) >= 11 is 0. The Bertz CT molecular complexity index is 819. The van der Waals surface area contributed by atoms with Gasteiger partial charge in [0.1, 0.15) is 5.60 Å². The molecule has 0 amide bonds. The number of fused-ring (bicyclic) bond motifs is 2. The van der Waals surface area contributed by atoms with Gasteiger partial charge in [0.25, 0.3) is 0 Å². The van der Waals surface area contributed by atoms with Crippen molar-refractivity contribution in [1.82, 2.24) is 0 Å². The van der Waals surface area contributed by atoms with Gasteiger partial charge in [-0.1, -0.05) is 54.1 Å². The molecule has 2 heteroatoms. The van der Waals surface area contributed by atoms with Gasteiger partial charge in [-0.3, -0.25) is 0 Å². The van der Waals surface area contributed by atoms with Gasteiger partial charge in [0, 0.05) is 5.69 Å². The first-order valence-electron chi connectivity index (χ1n) is 9.01. The Morgan fingerprint density at radius 3 is 2.36 bits per heavy atom. The average Bonchev–Trinajstić information content (AvgIpc) is 3.17. The second-order valence-corrected chi connectivity index (χ2v) is 7.25. The lowest BCUT2D eigenvalue weighted by molar-refractivity contribution is 0.0278.